The Hall–Kier alpha value is -2.43. The molecule has 1 fully saturated rings. The van der Waals surface area contributed by atoms with Crippen LogP contribution in [0.1, 0.15) is 74.6 Å². The molecule has 4 rings (SSSR count). The van der Waals surface area contributed by atoms with Crippen LogP contribution in [0.2, 0.25) is 0 Å². The second-order valence-corrected chi connectivity index (χ2v) is 6.47. The summed E-state index contributed by atoms with van der Waals surface area (Å²) in [6.07, 6.45) is 11.2. The van der Waals surface area contributed by atoms with Gasteiger partial charge < -0.3 is 4.74 Å². The number of aldehydes is 1. The highest BCUT2D eigenvalue weighted by atomic mass is 16.5. The maximum Gasteiger partial charge on any atom is 0.172 e. The topological polar surface area (TPSA) is 57.0 Å². The Morgan fingerprint density at radius 1 is 1.19 bits per heavy atom. The molecular formula is C21H27N3O2. The van der Waals surface area contributed by atoms with Crippen molar-refractivity contribution in [1.82, 2.24) is 14.8 Å². The van der Waals surface area contributed by atoms with Gasteiger partial charge in [0, 0.05) is 12.4 Å². The van der Waals surface area contributed by atoms with Gasteiger partial charge >= 0.3 is 0 Å². The third kappa shape index (κ3) is 4.03. The molecule has 2 aliphatic rings. The minimum absolute atomic E-state index is 0.360. The standard InChI is InChI=1S/C19H21N3O2.C2H6/c23-12-17-19(6-3-10-20-17)24-13-14-4-1-2-5-16(14)18-9-11-21-22(18)15-7-8-15;1-2/h3,6,9-12,15H,1-2,4-5,7-8,13H2;1-2H3. The lowest BCUT2D eigenvalue weighted by Crippen LogP contribution is -2.12. The molecule has 0 unspecified atom stereocenters. The number of rotatable bonds is 6. The average Bonchev–Trinajstić information content (AvgIpc) is 3.45. The maximum atomic E-state index is 11.1. The van der Waals surface area contributed by atoms with E-state index in [0.29, 0.717) is 24.1 Å². The van der Waals surface area contributed by atoms with Gasteiger partial charge in [-0.3, -0.25) is 9.48 Å². The first kappa shape index (κ1) is 18.4. The normalized spacial score (nSPS) is 16.7. The number of hydrogen-bond donors (Lipinski definition) is 0. The van der Waals surface area contributed by atoms with E-state index in [2.05, 4.69) is 20.8 Å². The molecule has 0 saturated heterocycles. The number of aromatic nitrogens is 3. The fourth-order valence-corrected chi connectivity index (χ4v) is 3.38. The van der Waals surface area contributed by atoms with E-state index in [-0.39, 0.29) is 0 Å². The second-order valence-electron chi connectivity index (χ2n) is 6.47. The highest BCUT2D eigenvalue weighted by molar-refractivity contribution is 5.76. The van der Waals surface area contributed by atoms with Crippen LogP contribution in [0.4, 0.5) is 0 Å². The molecule has 0 radical (unpaired) electrons. The maximum absolute atomic E-state index is 11.1. The van der Waals surface area contributed by atoms with Crippen molar-refractivity contribution < 1.29 is 9.53 Å². The van der Waals surface area contributed by atoms with Crippen LogP contribution >= 0.6 is 0 Å². The molecular weight excluding hydrogens is 326 g/mol. The van der Waals surface area contributed by atoms with Gasteiger partial charge in [-0.2, -0.15) is 5.10 Å². The Labute approximate surface area is 155 Å². The summed E-state index contributed by atoms with van der Waals surface area (Å²) in [5.74, 6) is 0.556. The summed E-state index contributed by atoms with van der Waals surface area (Å²) in [4.78, 5) is 15.1. The van der Waals surface area contributed by atoms with E-state index >= 15 is 0 Å². The van der Waals surface area contributed by atoms with E-state index in [1.165, 1.54) is 42.5 Å². The number of allylic oxidation sites excluding steroid dienone is 1. The van der Waals surface area contributed by atoms with Gasteiger partial charge in [0.1, 0.15) is 18.1 Å². The van der Waals surface area contributed by atoms with E-state index in [4.69, 9.17) is 4.74 Å². The Morgan fingerprint density at radius 3 is 2.77 bits per heavy atom. The lowest BCUT2D eigenvalue weighted by atomic mass is 9.90. The summed E-state index contributed by atoms with van der Waals surface area (Å²) in [6, 6.07) is 6.29. The molecule has 138 valence electrons. The minimum atomic E-state index is 0.360. The molecule has 0 N–H and O–H groups in total. The van der Waals surface area contributed by atoms with Gasteiger partial charge in [0.15, 0.2) is 6.29 Å². The van der Waals surface area contributed by atoms with Crippen LogP contribution in [0.5, 0.6) is 5.75 Å². The molecule has 1 saturated carbocycles. The number of hydrogen-bond acceptors (Lipinski definition) is 4. The predicted molar refractivity (Wildman–Crippen MR) is 102 cm³/mol. The number of ether oxygens (including phenoxy) is 1. The van der Waals surface area contributed by atoms with Gasteiger partial charge in [-0.1, -0.05) is 13.8 Å². The van der Waals surface area contributed by atoms with E-state index in [9.17, 15) is 4.79 Å². The molecule has 0 bridgehead atoms. The monoisotopic (exact) mass is 353 g/mol. The Balaban J connectivity index is 0.000000948. The molecule has 5 nitrogen and oxygen atoms in total. The Morgan fingerprint density at radius 2 is 2.00 bits per heavy atom. The summed E-state index contributed by atoms with van der Waals surface area (Å²) in [5, 5.41) is 4.52. The minimum Gasteiger partial charge on any atom is -0.487 e. The fraction of sp³-hybridized carbons (Fsp3) is 0.476. The molecule has 0 aromatic carbocycles. The lowest BCUT2D eigenvalue weighted by molar-refractivity contribution is 0.111. The highest BCUT2D eigenvalue weighted by Gasteiger charge is 2.28. The van der Waals surface area contributed by atoms with Crippen LogP contribution < -0.4 is 4.74 Å². The number of pyridine rings is 1. The summed E-state index contributed by atoms with van der Waals surface area (Å²) >= 11 is 0. The summed E-state index contributed by atoms with van der Waals surface area (Å²) in [6.45, 7) is 4.51. The molecule has 26 heavy (non-hydrogen) atoms. The number of carbonyl (C=O) groups excluding carboxylic acids is 1. The Kier molecular flexibility index (Phi) is 6.21. The first-order valence-corrected chi connectivity index (χ1v) is 9.64. The zero-order chi connectivity index (χ0) is 18.4. The van der Waals surface area contributed by atoms with E-state index < -0.39 is 0 Å². The van der Waals surface area contributed by atoms with Crippen LogP contribution in [0.3, 0.4) is 0 Å². The van der Waals surface area contributed by atoms with Crippen molar-refractivity contribution in [3.63, 3.8) is 0 Å². The van der Waals surface area contributed by atoms with Gasteiger partial charge in [0.25, 0.3) is 0 Å². The zero-order valence-electron chi connectivity index (χ0n) is 15.6. The van der Waals surface area contributed by atoms with Gasteiger partial charge in [0.2, 0.25) is 0 Å². The van der Waals surface area contributed by atoms with Gasteiger partial charge in [-0.05, 0) is 67.9 Å². The van der Waals surface area contributed by atoms with Crippen LogP contribution in [0, 0.1) is 0 Å². The third-order valence-corrected chi connectivity index (χ3v) is 4.77. The molecule has 2 aromatic rings. The second kappa shape index (κ2) is 8.79. The first-order chi connectivity index (χ1) is 12.9. The fourth-order valence-electron chi connectivity index (χ4n) is 3.38. The Bertz CT molecular complexity index is 775. The quantitative estimate of drug-likeness (QED) is 0.696. The number of carbonyl (C=O) groups is 1. The van der Waals surface area contributed by atoms with Gasteiger partial charge in [0.05, 0.1) is 11.7 Å². The molecule has 0 amide bonds. The predicted octanol–water partition coefficient (Wildman–Crippen LogP) is 4.86. The van der Waals surface area contributed by atoms with E-state index in [0.717, 1.165) is 19.1 Å². The van der Waals surface area contributed by atoms with Crippen LogP contribution in [0.15, 0.2) is 36.2 Å². The summed E-state index contributed by atoms with van der Waals surface area (Å²) in [5.41, 5.74) is 4.31. The van der Waals surface area contributed by atoms with Crippen LogP contribution in [0.25, 0.3) is 5.57 Å². The van der Waals surface area contributed by atoms with E-state index in [1.54, 1.807) is 18.3 Å². The molecule has 0 atom stereocenters. The SMILES string of the molecule is CC.O=Cc1ncccc1OCC1=C(c2ccnn2C2CC2)CCCC1. The number of nitrogens with zero attached hydrogens (tertiary/aromatic N) is 3. The molecule has 2 aromatic heterocycles. The average molecular weight is 353 g/mol. The molecule has 5 heteroatoms. The van der Waals surface area contributed by atoms with Crippen molar-refractivity contribution in [3.05, 3.63) is 47.6 Å². The van der Waals surface area contributed by atoms with Crippen molar-refractivity contribution in [1.29, 1.82) is 0 Å². The summed E-state index contributed by atoms with van der Waals surface area (Å²) in [7, 11) is 0. The lowest BCUT2D eigenvalue weighted by Gasteiger charge is -2.22. The highest BCUT2D eigenvalue weighted by Crippen LogP contribution is 2.39. The van der Waals surface area contributed by atoms with E-state index in [1.807, 2.05) is 20.0 Å². The largest absolute Gasteiger partial charge is 0.487 e. The summed E-state index contributed by atoms with van der Waals surface area (Å²) < 4.78 is 8.11. The van der Waals surface area contributed by atoms with Gasteiger partial charge in [-0.15, -0.1) is 0 Å². The first-order valence-electron chi connectivity index (χ1n) is 9.64. The van der Waals surface area contributed by atoms with Crippen LogP contribution in [-0.2, 0) is 0 Å². The van der Waals surface area contributed by atoms with Crippen LogP contribution in [-0.4, -0.2) is 27.7 Å². The van der Waals surface area contributed by atoms with Crippen molar-refractivity contribution >= 4 is 11.9 Å². The molecule has 0 spiro atoms. The van der Waals surface area contributed by atoms with Crippen molar-refractivity contribution in [2.24, 2.45) is 0 Å². The van der Waals surface area contributed by atoms with Crippen molar-refractivity contribution in [2.45, 2.75) is 58.4 Å². The molecule has 2 aliphatic carbocycles. The molecule has 2 heterocycles. The van der Waals surface area contributed by atoms with Crippen molar-refractivity contribution in [3.8, 4) is 5.75 Å². The third-order valence-electron chi connectivity index (χ3n) is 4.77. The van der Waals surface area contributed by atoms with Crippen molar-refractivity contribution in [2.75, 3.05) is 6.61 Å². The molecule has 0 aliphatic heterocycles. The zero-order valence-corrected chi connectivity index (χ0v) is 15.6. The smallest absolute Gasteiger partial charge is 0.172 e. The van der Waals surface area contributed by atoms with Gasteiger partial charge in [-0.25, -0.2) is 4.98 Å².